The van der Waals surface area contributed by atoms with Gasteiger partial charge >= 0.3 is 0 Å². The van der Waals surface area contributed by atoms with Crippen LogP contribution in [0, 0.1) is 0 Å². The molecule has 0 radical (unpaired) electrons. The highest BCUT2D eigenvalue weighted by molar-refractivity contribution is 6.04. The molecule has 0 unspecified atom stereocenters. The van der Waals surface area contributed by atoms with Gasteiger partial charge in [0.1, 0.15) is 0 Å². The van der Waals surface area contributed by atoms with Crippen LogP contribution >= 0.6 is 0 Å². The number of carbonyl (C=O) groups is 2. The highest BCUT2D eigenvalue weighted by atomic mass is 16.2. The van der Waals surface area contributed by atoms with Gasteiger partial charge in [0.25, 0.3) is 11.8 Å². The van der Waals surface area contributed by atoms with Gasteiger partial charge in [-0.05, 0) is 50.2 Å². The van der Waals surface area contributed by atoms with E-state index < -0.39 is 0 Å². The second kappa shape index (κ2) is 9.59. The lowest BCUT2D eigenvalue weighted by molar-refractivity contribution is -0.895. The van der Waals surface area contributed by atoms with E-state index in [-0.39, 0.29) is 11.8 Å². The van der Waals surface area contributed by atoms with Gasteiger partial charge in [-0.2, -0.15) is 0 Å². The van der Waals surface area contributed by atoms with E-state index in [0.717, 1.165) is 19.6 Å². The van der Waals surface area contributed by atoms with Crippen LogP contribution in [-0.2, 0) is 0 Å². The molecule has 132 valence electrons. The Bertz CT molecular complexity index is 680. The number of amides is 2. The molecule has 0 aromatic heterocycles. The summed E-state index contributed by atoms with van der Waals surface area (Å²) in [7, 11) is 0. The van der Waals surface area contributed by atoms with Crippen molar-refractivity contribution in [3.8, 4) is 0 Å². The van der Waals surface area contributed by atoms with Gasteiger partial charge in [0, 0.05) is 16.8 Å². The molecule has 0 aliphatic rings. The maximum absolute atomic E-state index is 12.2. The van der Waals surface area contributed by atoms with Gasteiger partial charge in [-0.15, -0.1) is 0 Å². The molecular formula is C20H26N3O2+. The molecule has 0 fully saturated rings. The molecule has 0 atom stereocenters. The number of hydrogen-bond acceptors (Lipinski definition) is 2. The molecule has 25 heavy (non-hydrogen) atoms. The second-order valence-electron chi connectivity index (χ2n) is 5.86. The van der Waals surface area contributed by atoms with E-state index in [0.29, 0.717) is 23.4 Å². The van der Waals surface area contributed by atoms with Crippen molar-refractivity contribution in [3.63, 3.8) is 0 Å². The number of quaternary nitrogens is 1. The molecule has 2 amide bonds. The zero-order valence-electron chi connectivity index (χ0n) is 14.8. The lowest BCUT2D eigenvalue weighted by atomic mass is 10.1. The van der Waals surface area contributed by atoms with E-state index >= 15 is 0 Å². The van der Waals surface area contributed by atoms with Gasteiger partial charge in [0.2, 0.25) is 0 Å². The summed E-state index contributed by atoms with van der Waals surface area (Å²) in [5.41, 5.74) is 1.86. The molecule has 0 aliphatic carbocycles. The van der Waals surface area contributed by atoms with Gasteiger partial charge in [0.05, 0.1) is 26.2 Å². The predicted molar refractivity (Wildman–Crippen MR) is 100 cm³/mol. The first-order valence-corrected chi connectivity index (χ1v) is 8.72. The Hall–Kier alpha value is -2.66. The molecule has 0 aliphatic heterocycles. The van der Waals surface area contributed by atoms with Crippen molar-refractivity contribution in [3.05, 3.63) is 65.7 Å². The summed E-state index contributed by atoms with van der Waals surface area (Å²) in [6, 6.07) is 16.0. The van der Waals surface area contributed by atoms with Gasteiger partial charge in [-0.25, -0.2) is 0 Å². The average Bonchev–Trinajstić information content (AvgIpc) is 2.66. The van der Waals surface area contributed by atoms with Crippen LogP contribution < -0.4 is 15.5 Å². The number of anilines is 1. The number of likely N-dealkylation sites (N-methyl/N-ethyl adjacent to an activating group) is 1. The predicted octanol–water partition coefficient (Wildman–Crippen LogP) is 1.59. The first-order chi connectivity index (χ1) is 12.1. The smallest absolute Gasteiger partial charge is 0.255 e. The molecule has 2 rings (SSSR count). The third-order valence-electron chi connectivity index (χ3n) is 4.21. The number of rotatable bonds is 8. The summed E-state index contributed by atoms with van der Waals surface area (Å²) in [5.74, 6) is -0.257. The zero-order valence-corrected chi connectivity index (χ0v) is 14.8. The fourth-order valence-electron chi connectivity index (χ4n) is 2.56. The number of nitrogens with one attached hydrogen (secondary N) is 3. The lowest BCUT2D eigenvalue weighted by Crippen LogP contribution is -3.12. The summed E-state index contributed by atoms with van der Waals surface area (Å²) in [4.78, 5) is 25.7. The Morgan fingerprint density at radius 2 is 1.44 bits per heavy atom. The van der Waals surface area contributed by atoms with Crippen molar-refractivity contribution in [1.29, 1.82) is 0 Å². The Balaban J connectivity index is 1.86. The molecule has 0 heterocycles. The molecule has 0 spiro atoms. The van der Waals surface area contributed by atoms with Crippen LogP contribution in [0.1, 0.15) is 34.6 Å². The molecular weight excluding hydrogens is 314 g/mol. The molecule has 5 nitrogen and oxygen atoms in total. The molecule has 0 bridgehead atoms. The highest BCUT2D eigenvalue weighted by Gasteiger charge is 2.09. The fourth-order valence-corrected chi connectivity index (χ4v) is 2.56. The van der Waals surface area contributed by atoms with Crippen LogP contribution in [-0.4, -0.2) is 38.0 Å². The van der Waals surface area contributed by atoms with Crippen LogP contribution in [0.5, 0.6) is 0 Å². The highest BCUT2D eigenvalue weighted by Crippen LogP contribution is 2.11. The van der Waals surface area contributed by atoms with Crippen LogP contribution in [0.4, 0.5) is 5.69 Å². The van der Waals surface area contributed by atoms with E-state index in [9.17, 15) is 9.59 Å². The van der Waals surface area contributed by atoms with Gasteiger partial charge < -0.3 is 15.5 Å². The van der Waals surface area contributed by atoms with Gasteiger partial charge in [0.15, 0.2) is 0 Å². The molecule has 2 aromatic carbocycles. The Kier molecular flexibility index (Phi) is 7.16. The normalized spacial score (nSPS) is 10.5. The SMILES string of the molecule is CC[NH+](CC)CCNC(=O)c1ccc(NC(=O)c2ccccc2)cc1. The first kappa shape index (κ1) is 18.7. The Labute approximate surface area is 149 Å². The summed E-state index contributed by atoms with van der Waals surface area (Å²) >= 11 is 0. The van der Waals surface area contributed by atoms with E-state index in [2.05, 4.69) is 24.5 Å². The third-order valence-corrected chi connectivity index (χ3v) is 4.21. The van der Waals surface area contributed by atoms with Crippen LogP contribution in [0.2, 0.25) is 0 Å². The van der Waals surface area contributed by atoms with Crippen LogP contribution in [0.3, 0.4) is 0 Å². The maximum atomic E-state index is 12.2. The summed E-state index contributed by atoms with van der Waals surface area (Å²) in [6.45, 7) is 7.98. The number of benzene rings is 2. The van der Waals surface area contributed by atoms with Gasteiger partial charge in [-0.3, -0.25) is 9.59 Å². The van der Waals surface area contributed by atoms with Crippen molar-refractivity contribution in [2.75, 3.05) is 31.5 Å². The Morgan fingerprint density at radius 3 is 2.04 bits per heavy atom. The van der Waals surface area contributed by atoms with E-state index in [1.54, 1.807) is 36.4 Å². The van der Waals surface area contributed by atoms with E-state index in [4.69, 9.17) is 0 Å². The molecule has 0 saturated heterocycles. The molecule has 3 N–H and O–H groups in total. The number of carbonyl (C=O) groups excluding carboxylic acids is 2. The minimum absolute atomic E-state index is 0.0903. The van der Waals surface area contributed by atoms with Crippen molar-refractivity contribution >= 4 is 17.5 Å². The summed E-state index contributed by atoms with van der Waals surface area (Å²) in [6.07, 6.45) is 0. The molecule has 2 aromatic rings. The van der Waals surface area contributed by atoms with Crippen molar-refractivity contribution in [1.82, 2.24) is 5.32 Å². The van der Waals surface area contributed by atoms with E-state index in [1.807, 2.05) is 18.2 Å². The van der Waals surface area contributed by atoms with Crippen LogP contribution in [0.15, 0.2) is 54.6 Å². The lowest BCUT2D eigenvalue weighted by Gasteiger charge is -2.15. The van der Waals surface area contributed by atoms with Crippen molar-refractivity contribution in [2.45, 2.75) is 13.8 Å². The number of hydrogen-bond donors (Lipinski definition) is 3. The molecule has 0 saturated carbocycles. The van der Waals surface area contributed by atoms with Crippen molar-refractivity contribution < 1.29 is 14.5 Å². The largest absolute Gasteiger partial charge is 0.346 e. The quantitative estimate of drug-likeness (QED) is 0.683. The zero-order chi connectivity index (χ0) is 18.1. The summed E-state index contributed by atoms with van der Waals surface area (Å²) < 4.78 is 0. The maximum Gasteiger partial charge on any atom is 0.255 e. The average molecular weight is 340 g/mol. The topological polar surface area (TPSA) is 62.6 Å². The minimum atomic E-state index is -0.167. The Morgan fingerprint density at radius 1 is 0.840 bits per heavy atom. The van der Waals surface area contributed by atoms with Crippen LogP contribution in [0.25, 0.3) is 0 Å². The summed E-state index contributed by atoms with van der Waals surface area (Å²) in [5, 5.41) is 5.76. The first-order valence-electron chi connectivity index (χ1n) is 8.72. The standard InChI is InChI=1S/C20H25N3O2/c1-3-23(4-2)15-14-21-19(24)17-10-12-18(13-11-17)22-20(25)16-8-6-5-7-9-16/h5-13H,3-4,14-15H2,1-2H3,(H,21,24)(H,22,25)/p+1. The monoisotopic (exact) mass is 340 g/mol. The minimum Gasteiger partial charge on any atom is -0.346 e. The van der Waals surface area contributed by atoms with Crippen molar-refractivity contribution in [2.24, 2.45) is 0 Å². The fraction of sp³-hybridized carbons (Fsp3) is 0.300. The van der Waals surface area contributed by atoms with E-state index in [1.165, 1.54) is 4.90 Å². The van der Waals surface area contributed by atoms with Gasteiger partial charge in [-0.1, -0.05) is 18.2 Å². The molecule has 5 heteroatoms. The second-order valence-corrected chi connectivity index (χ2v) is 5.86. The third kappa shape index (κ3) is 5.72.